The lowest BCUT2D eigenvalue weighted by Crippen LogP contribution is -2.00. The number of nitrogens with two attached hydrogens (primary N) is 1. The van der Waals surface area contributed by atoms with Crippen LogP contribution in [0, 0.1) is 0 Å². The van der Waals surface area contributed by atoms with E-state index >= 15 is 0 Å². The average Bonchev–Trinajstić information content (AvgIpc) is 2.86. The Labute approximate surface area is 125 Å². The van der Waals surface area contributed by atoms with Crippen LogP contribution in [-0.2, 0) is 23.0 Å². The Morgan fingerprint density at radius 2 is 2.15 bits per heavy atom. The van der Waals surface area contributed by atoms with Crippen LogP contribution in [0.1, 0.15) is 11.1 Å². The molecule has 20 heavy (non-hydrogen) atoms. The number of ether oxygens (including phenoxy) is 1. The smallest absolute Gasteiger partial charge is 0.126 e. The summed E-state index contributed by atoms with van der Waals surface area (Å²) in [5.74, 6) is 1.22. The van der Waals surface area contributed by atoms with E-state index in [0.717, 1.165) is 28.2 Å². The third-order valence-corrected chi connectivity index (χ3v) is 4.80. The van der Waals surface area contributed by atoms with Gasteiger partial charge in [-0.3, -0.25) is 4.21 Å². The normalized spacial score (nSPS) is 14.7. The van der Waals surface area contributed by atoms with E-state index in [1.807, 2.05) is 24.3 Å². The van der Waals surface area contributed by atoms with Gasteiger partial charge in [0.1, 0.15) is 5.75 Å². The molecule has 0 amide bonds. The molecule has 0 aromatic heterocycles. The third-order valence-electron chi connectivity index (χ3n) is 3.23. The van der Waals surface area contributed by atoms with Gasteiger partial charge in [-0.25, -0.2) is 0 Å². The van der Waals surface area contributed by atoms with Gasteiger partial charge < -0.3 is 10.5 Å². The van der Waals surface area contributed by atoms with Crippen molar-refractivity contribution in [2.75, 3.05) is 12.3 Å². The van der Waals surface area contributed by atoms with E-state index in [2.05, 4.69) is 0 Å². The van der Waals surface area contributed by atoms with Crippen LogP contribution in [0.4, 0.5) is 5.69 Å². The van der Waals surface area contributed by atoms with Crippen molar-refractivity contribution in [1.82, 2.24) is 0 Å². The summed E-state index contributed by atoms with van der Waals surface area (Å²) >= 11 is 6.11. The molecule has 1 unspecified atom stereocenters. The maximum Gasteiger partial charge on any atom is 0.126 e. The van der Waals surface area contributed by atoms with Gasteiger partial charge in [0.15, 0.2) is 0 Å². The Balaban J connectivity index is 1.90. The van der Waals surface area contributed by atoms with Crippen molar-refractivity contribution in [3.8, 4) is 5.75 Å². The number of fused-ring (bicyclic) bond motifs is 1. The highest BCUT2D eigenvalue weighted by Crippen LogP contribution is 2.34. The van der Waals surface area contributed by atoms with Crippen molar-refractivity contribution in [2.24, 2.45) is 0 Å². The van der Waals surface area contributed by atoms with E-state index in [-0.39, 0.29) is 0 Å². The zero-order valence-corrected chi connectivity index (χ0v) is 12.3. The lowest BCUT2D eigenvalue weighted by molar-refractivity contribution is 0.354. The molecule has 3 nitrogen and oxygen atoms in total. The minimum Gasteiger partial charge on any atom is -0.493 e. The Morgan fingerprint density at radius 3 is 2.95 bits per heavy atom. The molecule has 5 heteroatoms. The zero-order valence-electron chi connectivity index (χ0n) is 10.8. The average molecular weight is 308 g/mol. The van der Waals surface area contributed by atoms with Crippen molar-refractivity contribution in [1.29, 1.82) is 0 Å². The van der Waals surface area contributed by atoms with Crippen LogP contribution < -0.4 is 10.5 Å². The summed E-state index contributed by atoms with van der Waals surface area (Å²) < 4.78 is 18.1. The second-order valence-electron chi connectivity index (χ2n) is 4.71. The highest BCUT2D eigenvalue weighted by Gasteiger charge is 2.19. The molecule has 1 atom stereocenters. The van der Waals surface area contributed by atoms with E-state index in [0.29, 0.717) is 23.1 Å². The fraction of sp³-hybridized carbons (Fsp3) is 0.200. The van der Waals surface area contributed by atoms with Crippen LogP contribution >= 0.6 is 11.6 Å². The minimum atomic E-state index is -1.16. The summed E-state index contributed by atoms with van der Waals surface area (Å²) in [6.45, 7) is 0.660. The molecule has 0 bridgehead atoms. The first-order valence-corrected chi connectivity index (χ1v) is 8.01. The molecule has 1 aliphatic heterocycles. The van der Waals surface area contributed by atoms with Crippen LogP contribution in [0.15, 0.2) is 41.3 Å². The predicted molar refractivity (Wildman–Crippen MR) is 81.6 cm³/mol. The summed E-state index contributed by atoms with van der Waals surface area (Å²) in [7, 11) is -1.16. The van der Waals surface area contributed by atoms with Crippen LogP contribution in [0.25, 0.3) is 0 Å². The molecule has 0 fully saturated rings. The van der Waals surface area contributed by atoms with Gasteiger partial charge in [0.25, 0.3) is 0 Å². The van der Waals surface area contributed by atoms with Crippen molar-refractivity contribution >= 4 is 28.1 Å². The molecule has 3 rings (SSSR count). The number of hydrogen-bond acceptors (Lipinski definition) is 3. The monoisotopic (exact) mass is 307 g/mol. The van der Waals surface area contributed by atoms with Crippen LogP contribution in [0.2, 0.25) is 5.02 Å². The molecule has 0 spiro atoms. The fourth-order valence-corrected chi connectivity index (χ4v) is 3.76. The Bertz CT molecular complexity index is 688. The first-order chi connectivity index (χ1) is 9.63. The van der Waals surface area contributed by atoms with E-state index in [1.54, 1.807) is 12.1 Å². The highest BCUT2D eigenvalue weighted by molar-refractivity contribution is 7.84. The number of nitrogen functional groups attached to an aromatic ring is 1. The minimum absolute atomic E-state index is 0.381. The first kappa shape index (κ1) is 13.5. The van der Waals surface area contributed by atoms with Crippen LogP contribution in [-0.4, -0.2) is 10.8 Å². The van der Waals surface area contributed by atoms with Gasteiger partial charge in [0.05, 0.1) is 23.2 Å². The van der Waals surface area contributed by atoms with Gasteiger partial charge in [-0.05, 0) is 35.9 Å². The summed E-state index contributed by atoms with van der Waals surface area (Å²) in [5, 5.41) is 0.661. The summed E-state index contributed by atoms with van der Waals surface area (Å²) in [6.07, 6.45) is 0.855. The molecule has 104 valence electrons. The maximum absolute atomic E-state index is 12.4. The van der Waals surface area contributed by atoms with Gasteiger partial charge >= 0.3 is 0 Å². The fourth-order valence-electron chi connectivity index (χ4n) is 2.33. The molecule has 0 aliphatic carbocycles. The van der Waals surface area contributed by atoms with E-state index in [4.69, 9.17) is 22.1 Å². The molecule has 1 heterocycles. The summed E-state index contributed by atoms with van der Waals surface area (Å²) in [6, 6.07) is 10.9. The summed E-state index contributed by atoms with van der Waals surface area (Å²) in [5.41, 5.74) is 8.33. The molecule has 0 radical (unpaired) electrons. The molecule has 2 aromatic carbocycles. The quantitative estimate of drug-likeness (QED) is 0.886. The molecule has 0 saturated carbocycles. The van der Waals surface area contributed by atoms with Gasteiger partial charge in [-0.1, -0.05) is 17.7 Å². The molecular weight excluding hydrogens is 294 g/mol. The number of hydrogen-bond donors (Lipinski definition) is 1. The van der Waals surface area contributed by atoms with Crippen molar-refractivity contribution in [3.63, 3.8) is 0 Å². The zero-order chi connectivity index (χ0) is 14.1. The number of halogens is 1. The van der Waals surface area contributed by atoms with Crippen molar-refractivity contribution in [2.45, 2.75) is 17.1 Å². The Hall–Kier alpha value is -1.52. The molecule has 0 saturated heterocycles. The number of rotatable bonds is 3. The molecule has 2 aromatic rings. The second kappa shape index (κ2) is 5.46. The SMILES string of the molecule is Nc1cccc(S(=O)Cc2cc(Cl)cc3c2OCC3)c1. The standard InChI is InChI=1S/C15H14ClNO2S/c16-12-6-10-4-5-19-15(10)11(7-12)9-20(18)14-3-1-2-13(17)8-14/h1-3,6-8H,4-5,9,17H2. The van der Waals surface area contributed by atoms with Crippen LogP contribution in [0.3, 0.4) is 0 Å². The van der Waals surface area contributed by atoms with Crippen molar-refractivity contribution in [3.05, 3.63) is 52.5 Å². The largest absolute Gasteiger partial charge is 0.493 e. The van der Waals surface area contributed by atoms with Gasteiger partial charge in [0.2, 0.25) is 0 Å². The molecular formula is C15H14ClNO2S. The molecule has 1 aliphatic rings. The topological polar surface area (TPSA) is 52.3 Å². The van der Waals surface area contributed by atoms with E-state index in [1.165, 1.54) is 0 Å². The second-order valence-corrected chi connectivity index (χ2v) is 6.60. The van der Waals surface area contributed by atoms with Gasteiger partial charge in [0, 0.05) is 27.6 Å². The predicted octanol–water partition coefficient (Wildman–Crippen LogP) is 3.16. The van der Waals surface area contributed by atoms with Crippen molar-refractivity contribution < 1.29 is 8.95 Å². The maximum atomic E-state index is 12.4. The third kappa shape index (κ3) is 2.67. The van der Waals surface area contributed by atoms with Gasteiger partial charge in [-0.15, -0.1) is 0 Å². The van der Waals surface area contributed by atoms with E-state index in [9.17, 15) is 4.21 Å². The van der Waals surface area contributed by atoms with Gasteiger partial charge in [-0.2, -0.15) is 0 Å². The number of benzene rings is 2. The Morgan fingerprint density at radius 1 is 1.30 bits per heavy atom. The molecule has 2 N–H and O–H groups in total. The first-order valence-electron chi connectivity index (χ1n) is 6.31. The summed E-state index contributed by atoms with van der Waals surface area (Å²) in [4.78, 5) is 0.719. The van der Waals surface area contributed by atoms with Crippen LogP contribution in [0.5, 0.6) is 5.75 Å². The Kier molecular flexibility index (Phi) is 3.68. The van der Waals surface area contributed by atoms with E-state index < -0.39 is 10.8 Å². The lowest BCUT2D eigenvalue weighted by atomic mass is 10.1. The number of anilines is 1. The highest BCUT2D eigenvalue weighted by atomic mass is 35.5. The lowest BCUT2D eigenvalue weighted by Gasteiger charge is -2.09.